The fraction of sp³-hybridized carbons (Fsp3) is 0.583. The molecule has 0 aliphatic rings. The summed E-state index contributed by atoms with van der Waals surface area (Å²) >= 11 is 0.902. The van der Waals surface area contributed by atoms with Crippen molar-refractivity contribution >= 4 is 27.3 Å². The smallest absolute Gasteiger partial charge is 0.347 e. The Balaban J connectivity index is 2.86. The summed E-state index contributed by atoms with van der Waals surface area (Å²) in [5, 5.41) is 10.4. The monoisotopic (exact) mass is 320 g/mol. The quantitative estimate of drug-likeness (QED) is 0.791. The number of thiophene rings is 1. The SMILES string of the molecule is CN(C)CC(C)(C)CNS(=O)(=O)c1ccsc1C(=O)O. The van der Waals surface area contributed by atoms with Gasteiger partial charge in [-0.2, -0.15) is 0 Å². The van der Waals surface area contributed by atoms with Crippen LogP contribution in [-0.2, 0) is 10.0 Å². The summed E-state index contributed by atoms with van der Waals surface area (Å²) in [6.07, 6.45) is 0. The first kappa shape index (κ1) is 17.1. The fourth-order valence-electron chi connectivity index (χ4n) is 1.95. The molecule has 0 unspecified atom stereocenters. The number of hydrogen-bond acceptors (Lipinski definition) is 5. The van der Waals surface area contributed by atoms with Crippen molar-refractivity contribution in [2.24, 2.45) is 5.41 Å². The molecule has 114 valence electrons. The van der Waals surface area contributed by atoms with Crippen molar-refractivity contribution < 1.29 is 18.3 Å². The predicted octanol–water partition coefficient (Wildman–Crippen LogP) is 1.31. The Morgan fingerprint density at radius 2 is 2.05 bits per heavy atom. The number of rotatable bonds is 7. The lowest BCUT2D eigenvalue weighted by Crippen LogP contribution is -2.40. The number of hydrogen-bond donors (Lipinski definition) is 2. The van der Waals surface area contributed by atoms with Gasteiger partial charge in [-0.1, -0.05) is 13.8 Å². The summed E-state index contributed by atoms with van der Waals surface area (Å²) in [5.74, 6) is -1.23. The van der Waals surface area contributed by atoms with Crippen LogP contribution in [0.4, 0.5) is 0 Å². The molecule has 0 saturated heterocycles. The molecule has 0 aromatic carbocycles. The summed E-state index contributed by atoms with van der Waals surface area (Å²) in [7, 11) is 0.0282. The third-order valence-corrected chi connectivity index (χ3v) is 5.07. The van der Waals surface area contributed by atoms with E-state index in [9.17, 15) is 13.2 Å². The summed E-state index contributed by atoms with van der Waals surface area (Å²) in [4.78, 5) is 12.6. The van der Waals surface area contributed by atoms with Crippen LogP contribution in [0.15, 0.2) is 16.3 Å². The lowest BCUT2D eigenvalue weighted by atomic mass is 9.93. The minimum atomic E-state index is -3.80. The van der Waals surface area contributed by atoms with Crippen LogP contribution in [0.1, 0.15) is 23.5 Å². The van der Waals surface area contributed by atoms with Gasteiger partial charge in [0.1, 0.15) is 9.77 Å². The first-order valence-corrected chi connectivity index (χ1v) is 8.37. The highest BCUT2D eigenvalue weighted by Gasteiger charge is 2.27. The molecule has 0 amide bonds. The average Bonchev–Trinajstić information content (AvgIpc) is 2.74. The van der Waals surface area contributed by atoms with Gasteiger partial charge in [0.25, 0.3) is 0 Å². The van der Waals surface area contributed by atoms with E-state index in [2.05, 4.69) is 4.72 Å². The minimum Gasteiger partial charge on any atom is -0.477 e. The zero-order valence-corrected chi connectivity index (χ0v) is 13.6. The van der Waals surface area contributed by atoms with Crippen molar-refractivity contribution in [3.63, 3.8) is 0 Å². The van der Waals surface area contributed by atoms with E-state index >= 15 is 0 Å². The standard InChI is InChI=1S/C12H20N2O4S2/c1-12(2,8-14(3)4)7-13-20(17,18)9-5-6-19-10(9)11(15)16/h5-6,13H,7-8H2,1-4H3,(H,15,16). The van der Waals surface area contributed by atoms with E-state index in [0.717, 1.165) is 11.3 Å². The Labute approximate surface area is 123 Å². The Hall–Kier alpha value is -0.960. The van der Waals surface area contributed by atoms with Crippen LogP contribution in [0.5, 0.6) is 0 Å². The van der Waals surface area contributed by atoms with Gasteiger partial charge < -0.3 is 10.0 Å². The summed E-state index contributed by atoms with van der Waals surface area (Å²) < 4.78 is 26.8. The second-order valence-electron chi connectivity index (χ2n) is 5.65. The topological polar surface area (TPSA) is 86.7 Å². The van der Waals surface area contributed by atoms with Crippen molar-refractivity contribution in [2.45, 2.75) is 18.7 Å². The van der Waals surface area contributed by atoms with Crippen molar-refractivity contribution in [1.29, 1.82) is 0 Å². The van der Waals surface area contributed by atoms with Crippen molar-refractivity contribution in [3.05, 3.63) is 16.3 Å². The van der Waals surface area contributed by atoms with Crippen LogP contribution >= 0.6 is 11.3 Å². The molecular formula is C12H20N2O4S2. The molecule has 6 nitrogen and oxygen atoms in total. The van der Waals surface area contributed by atoms with Crippen LogP contribution < -0.4 is 4.72 Å². The molecule has 8 heteroatoms. The van der Waals surface area contributed by atoms with Gasteiger partial charge in [-0.15, -0.1) is 11.3 Å². The number of carbonyl (C=O) groups is 1. The third kappa shape index (κ3) is 4.55. The normalized spacial score (nSPS) is 12.8. The molecule has 0 bridgehead atoms. The lowest BCUT2D eigenvalue weighted by molar-refractivity contribution is 0.0698. The number of aromatic carboxylic acids is 1. The molecule has 0 spiro atoms. The van der Waals surface area contributed by atoms with Gasteiger partial charge in [-0.25, -0.2) is 17.9 Å². The largest absolute Gasteiger partial charge is 0.477 e. The van der Waals surface area contributed by atoms with E-state index < -0.39 is 16.0 Å². The van der Waals surface area contributed by atoms with Crippen LogP contribution in [0.25, 0.3) is 0 Å². The van der Waals surface area contributed by atoms with Crippen LogP contribution in [-0.4, -0.2) is 51.6 Å². The Bertz CT molecular complexity index is 576. The molecule has 0 radical (unpaired) electrons. The minimum absolute atomic E-state index is 0.164. The number of nitrogens with one attached hydrogen (secondary N) is 1. The maximum Gasteiger partial charge on any atom is 0.347 e. The van der Waals surface area contributed by atoms with E-state index in [1.165, 1.54) is 11.4 Å². The van der Waals surface area contributed by atoms with E-state index in [-0.39, 0.29) is 21.7 Å². The molecule has 20 heavy (non-hydrogen) atoms. The maximum absolute atomic E-state index is 12.2. The number of carboxylic acid groups (broad SMARTS) is 1. The third-order valence-electron chi connectivity index (χ3n) is 2.60. The van der Waals surface area contributed by atoms with E-state index in [1.807, 2.05) is 32.8 Å². The van der Waals surface area contributed by atoms with Crippen molar-refractivity contribution in [2.75, 3.05) is 27.2 Å². The molecule has 2 N–H and O–H groups in total. The Morgan fingerprint density at radius 3 is 2.55 bits per heavy atom. The molecule has 0 fully saturated rings. The number of nitrogens with zero attached hydrogens (tertiary/aromatic N) is 1. The molecule has 0 atom stereocenters. The van der Waals surface area contributed by atoms with E-state index in [4.69, 9.17) is 5.11 Å². The predicted molar refractivity (Wildman–Crippen MR) is 78.8 cm³/mol. The van der Waals surface area contributed by atoms with Gasteiger partial charge in [0, 0.05) is 13.1 Å². The fourth-order valence-corrected chi connectivity index (χ4v) is 4.44. The molecule has 0 aliphatic heterocycles. The molecule has 1 aromatic rings. The molecule has 0 saturated carbocycles. The van der Waals surface area contributed by atoms with Crippen molar-refractivity contribution in [3.8, 4) is 0 Å². The zero-order chi connectivity index (χ0) is 15.6. The number of sulfonamides is 1. The van der Waals surface area contributed by atoms with Crippen molar-refractivity contribution in [1.82, 2.24) is 9.62 Å². The van der Waals surface area contributed by atoms with Gasteiger partial charge >= 0.3 is 5.97 Å². The van der Waals surface area contributed by atoms with Crippen LogP contribution in [0.2, 0.25) is 0 Å². The molecule has 1 rings (SSSR count). The zero-order valence-electron chi connectivity index (χ0n) is 12.0. The number of carboxylic acids is 1. The first-order valence-electron chi connectivity index (χ1n) is 6.00. The average molecular weight is 320 g/mol. The van der Waals surface area contributed by atoms with Crippen LogP contribution in [0, 0.1) is 5.41 Å². The first-order chi connectivity index (χ1) is 9.05. The molecule has 1 heterocycles. The highest BCUT2D eigenvalue weighted by molar-refractivity contribution is 7.89. The highest BCUT2D eigenvalue weighted by atomic mass is 32.2. The molecule has 1 aromatic heterocycles. The lowest BCUT2D eigenvalue weighted by Gasteiger charge is -2.28. The van der Waals surface area contributed by atoms with E-state index in [1.54, 1.807) is 0 Å². The van der Waals surface area contributed by atoms with E-state index in [0.29, 0.717) is 6.54 Å². The second kappa shape index (κ2) is 6.21. The van der Waals surface area contributed by atoms with Gasteiger partial charge in [0.2, 0.25) is 10.0 Å². The molecular weight excluding hydrogens is 300 g/mol. The summed E-state index contributed by atoms with van der Waals surface area (Å²) in [5.41, 5.74) is -0.254. The van der Waals surface area contributed by atoms with Gasteiger partial charge in [0.05, 0.1) is 0 Å². The maximum atomic E-state index is 12.2. The van der Waals surface area contributed by atoms with Gasteiger partial charge in [0.15, 0.2) is 0 Å². The summed E-state index contributed by atoms with van der Waals surface area (Å²) in [6, 6.07) is 1.31. The summed E-state index contributed by atoms with van der Waals surface area (Å²) in [6.45, 7) is 4.84. The second-order valence-corrected chi connectivity index (χ2v) is 8.30. The Kier molecular flexibility index (Phi) is 5.31. The highest BCUT2D eigenvalue weighted by Crippen LogP contribution is 2.23. The molecule has 0 aliphatic carbocycles. The van der Waals surface area contributed by atoms with Crippen LogP contribution in [0.3, 0.4) is 0 Å². The van der Waals surface area contributed by atoms with Gasteiger partial charge in [-0.05, 0) is 31.0 Å². The van der Waals surface area contributed by atoms with Gasteiger partial charge in [-0.3, -0.25) is 0 Å². The Morgan fingerprint density at radius 1 is 1.45 bits per heavy atom.